The molecule has 0 rings (SSSR count). The molecule has 0 spiro atoms. The van der Waals surface area contributed by atoms with E-state index in [0.29, 0.717) is 58.8 Å². The lowest BCUT2D eigenvalue weighted by Gasteiger charge is -2.08. The van der Waals surface area contributed by atoms with Crippen LogP contribution in [0, 0.1) is 12.3 Å². The Morgan fingerprint density at radius 1 is 0.958 bits per heavy atom. The van der Waals surface area contributed by atoms with Crippen molar-refractivity contribution in [2.24, 2.45) is 0 Å². The number of carbonyl (C=O) groups excluding carboxylic acids is 2. The second kappa shape index (κ2) is 17.5. The molecule has 0 aromatic rings. The maximum absolute atomic E-state index is 11.5. The Bertz CT molecular complexity index is 391. The molecule has 0 saturated heterocycles. The van der Waals surface area contributed by atoms with Crippen LogP contribution < -0.4 is 10.6 Å². The summed E-state index contributed by atoms with van der Waals surface area (Å²) in [6, 6.07) is 0. The number of ether oxygens (including phenoxy) is 2. The summed E-state index contributed by atoms with van der Waals surface area (Å²) < 4.78 is 10.7. The smallest absolute Gasteiger partial charge is 0.220 e. The summed E-state index contributed by atoms with van der Waals surface area (Å²) in [6.45, 7) is 6.38. The van der Waals surface area contributed by atoms with Crippen LogP contribution in [0.1, 0.15) is 38.5 Å². The summed E-state index contributed by atoms with van der Waals surface area (Å²) in [5.74, 6) is 2.58. The van der Waals surface area contributed by atoms with Gasteiger partial charge >= 0.3 is 0 Å². The summed E-state index contributed by atoms with van der Waals surface area (Å²) in [5.41, 5.74) is 0. The van der Waals surface area contributed by atoms with Crippen molar-refractivity contribution in [3.63, 3.8) is 0 Å². The highest BCUT2D eigenvalue weighted by molar-refractivity contribution is 5.76. The molecule has 2 N–H and O–H groups in total. The number of carbonyl (C=O) groups is 2. The molecular formula is C18H30N2O4. The minimum atomic E-state index is 0.00443. The third-order valence-corrected chi connectivity index (χ3v) is 3.06. The number of unbranched alkanes of at least 4 members (excludes halogenated alkanes) is 2. The number of allylic oxidation sites excluding steroid dienone is 1. The second-order valence-electron chi connectivity index (χ2n) is 5.16. The van der Waals surface area contributed by atoms with Gasteiger partial charge in [-0.25, -0.2) is 0 Å². The quantitative estimate of drug-likeness (QED) is 0.253. The normalized spacial score (nSPS) is 9.96. The van der Waals surface area contributed by atoms with Crippen molar-refractivity contribution in [2.45, 2.75) is 38.5 Å². The van der Waals surface area contributed by atoms with E-state index in [2.05, 4.69) is 23.1 Å². The molecule has 6 nitrogen and oxygen atoms in total. The van der Waals surface area contributed by atoms with Crippen LogP contribution in [0.4, 0.5) is 0 Å². The number of nitrogens with one attached hydrogen (secondary N) is 2. The van der Waals surface area contributed by atoms with Gasteiger partial charge in [0.15, 0.2) is 0 Å². The minimum Gasteiger partial charge on any atom is -0.377 e. The Hall–Kier alpha value is -1.84. The van der Waals surface area contributed by atoms with Crippen molar-refractivity contribution >= 4 is 11.8 Å². The zero-order valence-electron chi connectivity index (χ0n) is 14.5. The fraction of sp³-hybridized carbons (Fsp3) is 0.667. The standard InChI is InChI=1S/C18H30N2O4/c1-3-5-7-8-10-18(22)20-12-14-24-16-15-23-13-11-19-17(21)9-6-4-2/h1,4H,2,5-16H2,(H,19,21)(H,20,22). The lowest BCUT2D eigenvalue weighted by molar-refractivity contribution is -0.122. The number of hydrogen-bond donors (Lipinski definition) is 2. The average Bonchev–Trinajstić information content (AvgIpc) is 2.58. The maximum atomic E-state index is 11.5. The molecule has 0 radical (unpaired) electrons. The Labute approximate surface area is 145 Å². The van der Waals surface area contributed by atoms with Gasteiger partial charge in [-0.3, -0.25) is 9.59 Å². The highest BCUT2D eigenvalue weighted by atomic mass is 16.5. The van der Waals surface area contributed by atoms with E-state index in [-0.39, 0.29) is 11.8 Å². The van der Waals surface area contributed by atoms with Crippen LogP contribution in [0.2, 0.25) is 0 Å². The molecule has 6 heteroatoms. The van der Waals surface area contributed by atoms with Crippen molar-refractivity contribution in [3.05, 3.63) is 12.7 Å². The van der Waals surface area contributed by atoms with Crippen LogP contribution >= 0.6 is 0 Å². The predicted molar refractivity (Wildman–Crippen MR) is 94.4 cm³/mol. The van der Waals surface area contributed by atoms with E-state index < -0.39 is 0 Å². The molecule has 0 aliphatic rings. The molecule has 0 bridgehead atoms. The Kier molecular flexibility index (Phi) is 16.2. The van der Waals surface area contributed by atoms with Gasteiger partial charge in [0.05, 0.1) is 26.4 Å². The minimum absolute atomic E-state index is 0.00443. The summed E-state index contributed by atoms with van der Waals surface area (Å²) in [4.78, 5) is 22.7. The van der Waals surface area contributed by atoms with Crippen molar-refractivity contribution in [1.82, 2.24) is 10.6 Å². The van der Waals surface area contributed by atoms with Crippen molar-refractivity contribution in [2.75, 3.05) is 39.5 Å². The molecule has 0 aromatic carbocycles. The SMILES string of the molecule is C#CCCCCC(=O)NCCOCCOCCNC(=O)CCC=C. The first-order chi connectivity index (χ1) is 11.7. The molecule has 0 fully saturated rings. The number of rotatable bonds is 16. The maximum Gasteiger partial charge on any atom is 0.220 e. The van der Waals surface area contributed by atoms with E-state index in [1.165, 1.54) is 0 Å². The van der Waals surface area contributed by atoms with Crippen molar-refractivity contribution < 1.29 is 19.1 Å². The Morgan fingerprint density at radius 2 is 1.54 bits per heavy atom. The predicted octanol–water partition coefficient (Wildman–Crippen LogP) is 1.41. The fourth-order valence-corrected chi connectivity index (χ4v) is 1.77. The number of amides is 2. The monoisotopic (exact) mass is 338 g/mol. The molecule has 136 valence electrons. The summed E-state index contributed by atoms with van der Waals surface area (Å²) in [6.07, 6.45) is 10.9. The first-order valence-electron chi connectivity index (χ1n) is 8.44. The summed E-state index contributed by atoms with van der Waals surface area (Å²) >= 11 is 0. The first kappa shape index (κ1) is 22.2. The van der Waals surface area contributed by atoms with Crippen LogP contribution in [-0.2, 0) is 19.1 Å². The molecular weight excluding hydrogens is 308 g/mol. The van der Waals surface area contributed by atoms with Gasteiger partial charge in [-0.1, -0.05) is 6.08 Å². The highest BCUT2D eigenvalue weighted by Gasteiger charge is 2.00. The molecule has 0 aliphatic carbocycles. The zero-order valence-corrected chi connectivity index (χ0v) is 14.5. The van der Waals surface area contributed by atoms with Gasteiger partial charge in [0.2, 0.25) is 11.8 Å². The first-order valence-corrected chi connectivity index (χ1v) is 8.44. The zero-order chi connectivity index (χ0) is 17.9. The Balaban J connectivity index is 3.22. The molecule has 0 aliphatic heterocycles. The summed E-state index contributed by atoms with van der Waals surface area (Å²) in [5, 5.41) is 5.54. The second-order valence-corrected chi connectivity index (χ2v) is 5.16. The van der Waals surface area contributed by atoms with Crippen molar-refractivity contribution in [3.8, 4) is 12.3 Å². The fourth-order valence-electron chi connectivity index (χ4n) is 1.77. The van der Waals surface area contributed by atoms with Gasteiger partial charge in [0.25, 0.3) is 0 Å². The average molecular weight is 338 g/mol. The molecule has 0 aromatic heterocycles. The summed E-state index contributed by atoms with van der Waals surface area (Å²) in [7, 11) is 0. The molecule has 0 atom stereocenters. The van der Waals surface area contributed by atoms with E-state index in [1.807, 2.05) is 0 Å². The lowest BCUT2D eigenvalue weighted by Crippen LogP contribution is -2.28. The van der Waals surface area contributed by atoms with E-state index in [0.717, 1.165) is 19.3 Å². The van der Waals surface area contributed by atoms with E-state index in [1.54, 1.807) is 6.08 Å². The van der Waals surface area contributed by atoms with E-state index in [4.69, 9.17) is 15.9 Å². The van der Waals surface area contributed by atoms with Gasteiger partial charge in [0.1, 0.15) is 0 Å². The van der Waals surface area contributed by atoms with Crippen LogP contribution in [0.3, 0.4) is 0 Å². The third-order valence-electron chi connectivity index (χ3n) is 3.06. The van der Waals surface area contributed by atoms with E-state index in [9.17, 15) is 9.59 Å². The van der Waals surface area contributed by atoms with Crippen LogP contribution in [0.5, 0.6) is 0 Å². The number of terminal acetylenes is 1. The van der Waals surface area contributed by atoms with E-state index >= 15 is 0 Å². The van der Waals surface area contributed by atoms with Crippen molar-refractivity contribution in [1.29, 1.82) is 0 Å². The molecule has 0 heterocycles. The van der Waals surface area contributed by atoms with Gasteiger partial charge in [-0.2, -0.15) is 0 Å². The van der Waals surface area contributed by atoms with Crippen LogP contribution in [0.15, 0.2) is 12.7 Å². The topological polar surface area (TPSA) is 76.7 Å². The third kappa shape index (κ3) is 16.5. The number of hydrogen-bond acceptors (Lipinski definition) is 4. The lowest BCUT2D eigenvalue weighted by atomic mass is 10.2. The van der Waals surface area contributed by atoms with Gasteiger partial charge in [-0.15, -0.1) is 18.9 Å². The molecule has 2 amide bonds. The molecule has 24 heavy (non-hydrogen) atoms. The largest absolute Gasteiger partial charge is 0.377 e. The van der Waals surface area contributed by atoms with Crippen LogP contribution in [0.25, 0.3) is 0 Å². The van der Waals surface area contributed by atoms with Gasteiger partial charge in [0, 0.05) is 32.4 Å². The van der Waals surface area contributed by atoms with Gasteiger partial charge in [-0.05, 0) is 19.3 Å². The van der Waals surface area contributed by atoms with Crippen LogP contribution in [-0.4, -0.2) is 51.3 Å². The molecule has 0 saturated carbocycles. The highest BCUT2D eigenvalue weighted by Crippen LogP contribution is 1.98. The van der Waals surface area contributed by atoms with Gasteiger partial charge < -0.3 is 20.1 Å². The Morgan fingerprint density at radius 3 is 2.08 bits per heavy atom. The molecule has 0 unspecified atom stereocenters.